The SMILES string of the molecule is O=C(NCc1ccc(OC(F)(F)F)cc1)C1c2ccccc2C(=O)N1CCOCC(F)(F)F. The van der Waals surface area contributed by atoms with Crippen LogP contribution in [-0.4, -0.2) is 49.0 Å². The van der Waals surface area contributed by atoms with Gasteiger partial charge in [-0.3, -0.25) is 9.59 Å². The van der Waals surface area contributed by atoms with E-state index in [1.54, 1.807) is 18.2 Å². The van der Waals surface area contributed by atoms with E-state index in [1.165, 1.54) is 18.2 Å². The molecular formula is C21H18F6N2O4. The van der Waals surface area contributed by atoms with E-state index in [2.05, 4.69) is 14.8 Å². The zero-order chi connectivity index (χ0) is 24.2. The van der Waals surface area contributed by atoms with Crippen molar-refractivity contribution in [3.63, 3.8) is 0 Å². The van der Waals surface area contributed by atoms with Gasteiger partial charge in [-0.05, 0) is 29.3 Å². The first kappa shape index (κ1) is 24.4. The second-order valence-corrected chi connectivity index (χ2v) is 7.07. The largest absolute Gasteiger partial charge is 0.573 e. The summed E-state index contributed by atoms with van der Waals surface area (Å²) in [6.07, 6.45) is -9.35. The van der Waals surface area contributed by atoms with Crippen molar-refractivity contribution in [2.75, 3.05) is 19.8 Å². The average Bonchev–Trinajstić information content (AvgIpc) is 3.01. The number of hydrogen-bond donors (Lipinski definition) is 1. The third-order valence-electron chi connectivity index (χ3n) is 4.67. The van der Waals surface area contributed by atoms with Crippen molar-refractivity contribution >= 4 is 11.8 Å². The second kappa shape index (κ2) is 9.69. The molecule has 0 fully saturated rings. The summed E-state index contributed by atoms with van der Waals surface area (Å²) >= 11 is 0. The quantitative estimate of drug-likeness (QED) is 0.463. The van der Waals surface area contributed by atoms with Crippen LogP contribution in [0.15, 0.2) is 48.5 Å². The number of ether oxygens (including phenoxy) is 2. The van der Waals surface area contributed by atoms with Gasteiger partial charge in [-0.25, -0.2) is 0 Å². The molecule has 12 heteroatoms. The Kier molecular flexibility index (Phi) is 7.15. The van der Waals surface area contributed by atoms with Gasteiger partial charge in [0.25, 0.3) is 5.91 Å². The van der Waals surface area contributed by atoms with Crippen molar-refractivity contribution in [1.82, 2.24) is 10.2 Å². The van der Waals surface area contributed by atoms with E-state index >= 15 is 0 Å². The number of amides is 2. The average molecular weight is 476 g/mol. The fourth-order valence-corrected chi connectivity index (χ4v) is 3.33. The van der Waals surface area contributed by atoms with Crippen LogP contribution in [0.4, 0.5) is 26.3 Å². The van der Waals surface area contributed by atoms with Crippen molar-refractivity contribution < 1.29 is 45.4 Å². The van der Waals surface area contributed by atoms with Crippen LogP contribution in [-0.2, 0) is 16.1 Å². The van der Waals surface area contributed by atoms with Crippen LogP contribution in [0, 0.1) is 0 Å². The summed E-state index contributed by atoms with van der Waals surface area (Å²) in [6, 6.07) is 10.0. The number of alkyl halides is 6. The predicted octanol–water partition coefficient (Wildman–Crippen LogP) is 3.98. The Morgan fingerprint density at radius 1 is 1.00 bits per heavy atom. The van der Waals surface area contributed by atoms with Gasteiger partial charge in [0.1, 0.15) is 18.4 Å². The molecule has 1 aliphatic heterocycles. The minimum absolute atomic E-state index is 0.0591. The molecule has 0 saturated carbocycles. The molecule has 0 radical (unpaired) electrons. The summed E-state index contributed by atoms with van der Waals surface area (Å²) in [4.78, 5) is 26.7. The maximum atomic E-state index is 12.9. The number of carbonyl (C=O) groups is 2. The molecule has 0 saturated heterocycles. The van der Waals surface area contributed by atoms with E-state index in [4.69, 9.17) is 0 Å². The molecule has 0 aliphatic carbocycles. The molecule has 178 valence electrons. The van der Waals surface area contributed by atoms with Gasteiger partial charge in [0.2, 0.25) is 5.91 Å². The molecule has 0 spiro atoms. The van der Waals surface area contributed by atoms with Crippen LogP contribution < -0.4 is 10.1 Å². The molecule has 6 nitrogen and oxygen atoms in total. The Balaban J connectivity index is 1.66. The maximum absolute atomic E-state index is 12.9. The molecule has 1 aliphatic rings. The van der Waals surface area contributed by atoms with Crippen molar-refractivity contribution in [1.29, 1.82) is 0 Å². The van der Waals surface area contributed by atoms with Gasteiger partial charge in [0.05, 0.1) is 6.61 Å². The number of hydrogen-bond acceptors (Lipinski definition) is 4. The van der Waals surface area contributed by atoms with Crippen molar-refractivity contribution in [3.05, 3.63) is 65.2 Å². The van der Waals surface area contributed by atoms with Crippen LogP contribution in [0.25, 0.3) is 0 Å². The Bertz CT molecular complexity index is 991. The van der Waals surface area contributed by atoms with E-state index in [-0.39, 0.29) is 18.7 Å². The summed E-state index contributed by atoms with van der Waals surface area (Å²) in [6.45, 7) is -2.21. The Morgan fingerprint density at radius 3 is 2.30 bits per heavy atom. The van der Waals surface area contributed by atoms with E-state index in [9.17, 15) is 35.9 Å². The smallest absolute Gasteiger partial charge is 0.406 e. The highest BCUT2D eigenvalue weighted by Gasteiger charge is 2.40. The first-order valence-electron chi connectivity index (χ1n) is 9.61. The lowest BCUT2D eigenvalue weighted by Crippen LogP contribution is -2.40. The molecule has 1 heterocycles. The van der Waals surface area contributed by atoms with Gasteiger partial charge in [-0.15, -0.1) is 13.2 Å². The van der Waals surface area contributed by atoms with Gasteiger partial charge in [0.15, 0.2) is 0 Å². The van der Waals surface area contributed by atoms with Gasteiger partial charge < -0.3 is 19.7 Å². The van der Waals surface area contributed by atoms with Crippen LogP contribution >= 0.6 is 0 Å². The lowest BCUT2D eigenvalue weighted by molar-refractivity contribution is -0.274. The van der Waals surface area contributed by atoms with Crippen LogP contribution in [0.2, 0.25) is 0 Å². The highest BCUT2D eigenvalue weighted by Crippen LogP contribution is 2.33. The number of fused-ring (bicyclic) bond motifs is 1. The molecule has 1 N–H and O–H groups in total. The van der Waals surface area contributed by atoms with Gasteiger partial charge in [-0.1, -0.05) is 30.3 Å². The minimum atomic E-state index is -4.83. The monoisotopic (exact) mass is 476 g/mol. The zero-order valence-electron chi connectivity index (χ0n) is 16.9. The summed E-state index contributed by atoms with van der Waals surface area (Å²) in [7, 11) is 0. The molecule has 1 unspecified atom stereocenters. The highest BCUT2D eigenvalue weighted by molar-refractivity contribution is 6.04. The molecule has 0 bridgehead atoms. The summed E-state index contributed by atoms with van der Waals surface area (Å²) in [5.41, 5.74) is 1.11. The first-order valence-corrected chi connectivity index (χ1v) is 9.61. The number of halogens is 6. The number of benzene rings is 2. The van der Waals surface area contributed by atoms with E-state index < -0.39 is 49.4 Å². The summed E-state index contributed by atoms with van der Waals surface area (Å²) < 4.78 is 82.0. The first-order chi connectivity index (χ1) is 15.4. The van der Waals surface area contributed by atoms with E-state index in [0.717, 1.165) is 17.0 Å². The third kappa shape index (κ3) is 6.60. The maximum Gasteiger partial charge on any atom is 0.573 e. The van der Waals surface area contributed by atoms with Crippen molar-refractivity contribution in [2.45, 2.75) is 25.1 Å². The topological polar surface area (TPSA) is 67.9 Å². The Morgan fingerprint density at radius 2 is 1.67 bits per heavy atom. The third-order valence-corrected chi connectivity index (χ3v) is 4.67. The summed E-state index contributed by atoms with van der Waals surface area (Å²) in [5, 5.41) is 2.60. The Hall–Kier alpha value is -3.28. The van der Waals surface area contributed by atoms with Crippen LogP contribution in [0.3, 0.4) is 0 Å². The number of nitrogens with zero attached hydrogens (tertiary/aromatic N) is 1. The molecule has 1 atom stereocenters. The van der Waals surface area contributed by atoms with Gasteiger partial charge in [0, 0.05) is 18.7 Å². The Labute approximate surface area is 184 Å². The lowest BCUT2D eigenvalue weighted by Gasteiger charge is -2.24. The molecule has 2 aromatic carbocycles. The number of nitrogens with one attached hydrogen (secondary N) is 1. The fourth-order valence-electron chi connectivity index (χ4n) is 3.33. The molecular weight excluding hydrogens is 458 g/mol. The molecule has 33 heavy (non-hydrogen) atoms. The zero-order valence-corrected chi connectivity index (χ0v) is 16.9. The predicted molar refractivity (Wildman–Crippen MR) is 102 cm³/mol. The fraction of sp³-hybridized carbons (Fsp3) is 0.333. The molecule has 0 aromatic heterocycles. The molecule has 3 rings (SSSR count). The van der Waals surface area contributed by atoms with Crippen LogP contribution in [0.5, 0.6) is 5.75 Å². The highest BCUT2D eigenvalue weighted by atomic mass is 19.4. The van der Waals surface area contributed by atoms with E-state index in [1.807, 2.05) is 0 Å². The minimum Gasteiger partial charge on any atom is -0.406 e. The van der Waals surface area contributed by atoms with Gasteiger partial charge >= 0.3 is 12.5 Å². The molecule has 2 aromatic rings. The second-order valence-electron chi connectivity index (χ2n) is 7.07. The lowest BCUT2D eigenvalue weighted by atomic mass is 10.0. The summed E-state index contributed by atoms with van der Waals surface area (Å²) in [5.74, 6) is -1.53. The van der Waals surface area contributed by atoms with E-state index in [0.29, 0.717) is 11.1 Å². The number of carbonyl (C=O) groups excluding carboxylic acids is 2. The van der Waals surface area contributed by atoms with Crippen molar-refractivity contribution in [3.8, 4) is 5.75 Å². The van der Waals surface area contributed by atoms with Crippen LogP contribution in [0.1, 0.15) is 27.5 Å². The van der Waals surface area contributed by atoms with Gasteiger partial charge in [-0.2, -0.15) is 13.2 Å². The normalized spacial score (nSPS) is 16.0. The number of rotatable bonds is 8. The molecule has 2 amide bonds. The standard InChI is InChI=1S/C21H18F6N2O4/c22-20(23,24)12-32-10-9-29-17(15-3-1-2-4-16(15)19(29)31)18(30)28-11-13-5-7-14(8-6-13)33-21(25,26)27/h1-8,17H,9-12H2,(H,28,30). The van der Waals surface area contributed by atoms with Crippen molar-refractivity contribution in [2.24, 2.45) is 0 Å².